The first kappa shape index (κ1) is 17.9. The standard InChI is InChI=1S/C19H21ClO2S/c1-2-22-19(21)14-16-7-5-15(6-8-16)4-3-13-23-18-11-9-17(20)10-12-18/h5-12H,2-4,13-14H2,1H3. The second-order valence-corrected chi connectivity index (χ2v) is 6.81. The van der Waals surface area contributed by atoms with Gasteiger partial charge in [0.1, 0.15) is 0 Å². The third kappa shape index (κ3) is 6.67. The summed E-state index contributed by atoms with van der Waals surface area (Å²) in [4.78, 5) is 12.7. The molecule has 2 aromatic rings. The van der Waals surface area contributed by atoms with Gasteiger partial charge in [-0.3, -0.25) is 4.79 Å². The zero-order valence-electron chi connectivity index (χ0n) is 13.3. The Morgan fingerprint density at radius 1 is 1.04 bits per heavy atom. The molecule has 0 saturated carbocycles. The maximum absolute atomic E-state index is 11.4. The van der Waals surface area contributed by atoms with Gasteiger partial charge in [0.2, 0.25) is 0 Å². The van der Waals surface area contributed by atoms with Crippen LogP contribution in [0.3, 0.4) is 0 Å². The molecule has 0 heterocycles. The molecule has 0 aromatic heterocycles. The summed E-state index contributed by atoms with van der Waals surface area (Å²) in [5.41, 5.74) is 2.30. The quantitative estimate of drug-likeness (QED) is 0.374. The van der Waals surface area contributed by atoms with Gasteiger partial charge >= 0.3 is 5.97 Å². The summed E-state index contributed by atoms with van der Waals surface area (Å²) < 4.78 is 4.95. The number of carbonyl (C=O) groups is 1. The lowest BCUT2D eigenvalue weighted by molar-refractivity contribution is -0.142. The van der Waals surface area contributed by atoms with Crippen molar-refractivity contribution in [2.45, 2.75) is 31.1 Å². The number of carbonyl (C=O) groups excluding carboxylic acids is 1. The van der Waals surface area contributed by atoms with Gasteiger partial charge in [0.05, 0.1) is 13.0 Å². The van der Waals surface area contributed by atoms with Crippen molar-refractivity contribution in [2.75, 3.05) is 12.4 Å². The largest absolute Gasteiger partial charge is 0.466 e. The molecule has 0 unspecified atom stereocenters. The van der Waals surface area contributed by atoms with Crippen LogP contribution >= 0.6 is 23.4 Å². The number of thioether (sulfide) groups is 1. The molecule has 0 radical (unpaired) electrons. The molecular weight excluding hydrogens is 328 g/mol. The summed E-state index contributed by atoms with van der Waals surface area (Å²) in [5.74, 6) is 0.909. The highest BCUT2D eigenvalue weighted by Gasteiger charge is 2.03. The van der Waals surface area contributed by atoms with Crippen LogP contribution in [0.2, 0.25) is 5.02 Å². The highest BCUT2D eigenvalue weighted by atomic mass is 35.5. The first-order chi connectivity index (χ1) is 11.2. The molecule has 0 spiro atoms. The van der Waals surface area contributed by atoms with E-state index in [4.69, 9.17) is 16.3 Å². The molecule has 0 amide bonds. The van der Waals surface area contributed by atoms with Crippen LogP contribution in [-0.4, -0.2) is 18.3 Å². The molecule has 2 nitrogen and oxygen atoms in total. The van der Waals surface area contributed by atoms with Crippen LogP contribution in [0.15, 0.2) is 53.4 Å². The topological polar surface area (TPSA) is 26.3 Å². The van der Waals surface area contributed by atoms with Crippen LogP contribution < -0.4 is 0 Å². The minimum absolute atomic E-state index is 0.167. The Bertz CT molecular complexity index is 608. The molecule has 23 heavy (non-hydrogen) atoms. The van der Waals surface area contributed by atoms with E-state index in [9.17, 15) is 4.79 Å². The van der Waals surface area contributed by atoms with Gasteiger partial charge in [-0.25, -0.2) is 0 Å². The summed E-state index contributed by atoms with van der Waals surface area (Å²) >= 11 is 7.72. The molecule has 0 aliphatic carbocycles. The molecule has 2 aromatic carbocycles. The average Bonchev–Trinajstić information content (AvgIpc) is 2.55. The molecule has 0 aliphatic rings. The Balaban J connectivity index is 1.71. The van der Waals surface area contributed by atoms with Crippen LogP contribution in [0.1, 0.15) is 24.5 Å². The number of hydrogen-bond donors (Lipinski definition) is 0. The number of benzene rings is 2. The number of aryl methyl sites for hydroxylation is 1. The molecule has 0 N–H and O–H groups in total. The second kappa shape index (κ2) is 9.64. The molecule has 4 heteroatoms. The fourth-order valence-corrected chi connectivity index (χ4v) is 3.18. The maximum atomic E-state index is 11.4. The Morgan fingerprint density at radius 3 is 2.35 bits per heavy atom. The highest BCUT2D eigenvalue weighted by molar-refractivity contribution is 7.99. The highest BCUT2D eigenvalue weighted by Crippen LogP contribution is 2.21. The van der Waals surface area contributed by atoms with Gasteiger partial charge in [0, 0.05) is 9.92 Å². The van der Waals surface area contributed by atoms with Crippen molar-refractivity contribution < 1.29 is 9.53 Å². The molecule has 0 atom stereocenters. The van der Waals surface area contributed by atoms with Crippen LogP contribution in [0.25, 0.3) is 0 Å². The van der Waals surface area contributed by atoms with Gasteiger partial charge < -0.3 is 4.74 Å². The van der Waals surface area contributed by atoms with Gasteiger partial charge in [0.15, 0.2) is 0 Å². The Labute approximate surface area is 147 Å². The molecule has 0 saturated heterocycles. The number of halogens is 1. The van der Waals surface area contributed by atoms with E-state index in [0.717, 1.165) is 29.2 Å². The Kier molecular flexibility index (Phi) is 7.50. The van der Waals surface area contributed by atoms with Crippen molar-refractivity contribution in [3.8, 4) is 0 Å². The Morgan fingerprint density at radius 2 is 1.70 bits per heavy atom. The van der Waals surface area contributed by atoms with E-state index < -0.39 is 0 Å². The normalized spacial score (nSPS) is 10.5. The number of rotatable bonds is 8. The minimum Gasteiger partial charge on any atom is -0.466 e. The second-order valence-electron chi connectivity index (χ2n) is 5.20. The third-order valence-electron chi connectivity index (χ3n) is 3.37. The summed E-state index contributed by atoms with van der Waals surface area (Å²) in [6, 6.07) is 16.2. The molecule has 0 aliphatic heterocycles. The SMILES string of the molecule is CCOC(=O)Cc1ccc(CCCSc2ccc(Cl)cc2)cc1. The van der Waals surface area contributed by atoms with E-state index in [1.54, 1.807) is 0 Å². The predicted octanol–water partition coefficient (Wildman–Crippen LogP) is 5.17. The maximum Gasteiger partial charge on any atom is 0.310 e. The van der Waals surface area contributed by atoms with E-state index in [2.05, 4.69) is 24.3 Å². The first-order valence-corrected chi connectivity index (χ1v) is 9.15. The summed E-state index contributed by atoms with van der Waals surface area (Å²) in [6.07, 6.45) is 2.51. The van der Waals surface area contributed by atoms with Crippen LogP contribution in [-0.2, 0) is 22.4 Å². The lowest BCUT2D eigenvalue weighted by Gasteiger charge is -2.05. The van der Waals surface area contributed by atoms with Crippen molar-refractivity contribution >= 4 is 29.3 Å². The van der Waals surface area contributed by atoms with Gasteiger partial charge in [-0.15, -0.1) is 11.8 Å². The number of esters is 1. The van der Waals surface area contributed by atoms with Crippen LogP contribution in [0, 0.1) is 0 Å². The van der Waals surface area contributed by atoms with Crippen molar-refractivity contribution in [3.63, 3.8) is 0 Å². The van der Waals surface area contributed by atoms with Crippen molar-refractivity contribution in [2.24, 2.45) is 0 Å². The van der Waals surface area contributed by atoms with Gasteiger partial charge in [-0.1, -0.05) is 35.9 Å². The molecule has 0 bridgehead atoms. The van der Waals surface area contributed by atoms with E-state index in [-0.39, 0.29) is 5.97 Å². The molecule has 122 valence electrons. The van der Waals surface area contributed by atoms with E-state index in [1.165, 1.54) is 10.5 Å². The molecule has 2 rings (SSSR count). The summed E-state index contributed by atoms with van der Waals surface area (Å²) in [5, 5.41) is 0.775. The average molecular weight is 349 g/mol. The minimum atomic E-state index is -0.167. The molecule has 0 fully saturated rings. The Hall–Kier alpha value is -1.45. The zero-order chi connectivity index (χ0) is 16.5. The van der Waals surface area contributed by atoms with Gasteiger partial charge in [-0.2, -0.15) is 0 Å². The smallest absolute Gasteiger partial charge is 0.310 e. The van der Waals surface area contributed by atoms with E-state index >= 15 is 0 Å². The van der Waals surface area contributed by atoms with E-state index in [1.807, 2.05) is 43.0 Å². The monoisotopic (exact) mass is 348 g/mol. The lowest BCUT2D eigenvalue weighted by atomic mass is 10.1. The summed E-state index contributed by atoms with van der Waals surface area (Å²) in [7, 11) is 0. The fraction of sp³-hybridized carbons (Fsp3) is 0.316. The van der Waals surface area contributed by atoms with E-state index in [0.29, 0.717) is 13.0 Å². The first-order valence-electron chi connectivity index (χ1n) is 7.79. The van der Waals surface area contributed by atoms with Gasteiger partial charge in [0.25, 0.3) is 0 Å². The predicted molar refractivity (Wildman–Crippen MR) is 97.3 cm³/mol. The summed E-state index contributed by atoms with van der Waals surface area (Å²) in [6.45, 7) is 2.26. The van der Waals surface area contributed by atoms with Crippen molar-refractivity contribution in [1.82, 2.24) is 0 Å². The van der Waals surface area contributed by atoms with Crippen LogP contribution in [0.4, 0.5) is 0 Å². The third-order valence-corrected chi connectivity index (χ3v) is 4.72. The molecular formula is C19H21ClO2S. The number of ether oxygens (including phenoxy) is 1. The fourth-order valence-electron chi connectivity index (χ4n) is 2.20. The number of hydrogen-bond acceptors (Lipinski definition) is 3. The lowest BCUT2D eigenvalue weighted by Crippen LogP contribution is -2.07. The van der Waals surface area contributed by atoms with Crippen molar-refractivity contribution in [1.29, 1.82) is 0 Å². The van der Waals surface area contributed by atoms with Crippen LogP contribution in [0.5, 0.6) is 0 Å². The zero-order valence-corrected chi connectivity index (χ0v) is 14.8. The van der Waals surface area contributed by atoms with Crippen molar-refractivity contribution in [3.05, 3.63) is 64.7 Å². The van der Waals surface area contributed by atoms with Gasteiger partial charge in [-0.05, 0) is 60.9 Å².